The fourth-order valence-corrected chi connectivity index (χ4v) is 2.27. The fraction of sp³-hybridized carbons (Fsp3) is 0.500. The molecule has 1 aromatic rings. The summed E-state index contributed by atoms with van der Waals surface area (Å²) in [6.45, 7) is 4.42. The summed E-state index contributed by atoms with van der Waals surface area (Å²) in [5, 5.41) is 0. The van der Waals surface area contributed by atoms with Gasteiger partial charge in [0.15, 0.2) is 0 Å². The first-order valence-electron chi connectivity index (χ1n) is 5.27. The molecular weight excluding hydrogens is 209 g/mol. The van der Waals surface area contributed by atoms with Crippen LogP contribution in [0.3, 0.4) is 0 Å². The molecule has 2 N–H and O–H groups in total. The first kappa shape index (κ1) is 12.4. The summed E-state index contributed by atoms with van der Waals surface area (Å²) in [6, 6.07) is 4.53. The van der Waals surface area contributed by atoms with Crippen LogP contribution in [0.4, 0.5) is 10.1 Å². The third kappa shape index (κ3) is 4.56. The molecule has 0 heterocycles. The highest BCUT2D eigenvalue weighted by molar-refractivity contribution is 7.99. The van der Waals surface area contributed by atoms with Crippen molar-refractivity contribution in [2.24, 2.45) is 5.92 Å². The number of rotatable bonds is 5. The van der Waals surface area contributed by atoms with Crippen LogP contribution >= 0.6 is 11.8 Å². The van der Waals surface area contributed by atoms with Crippen molar-refractivity contribution in [2.75, 3.05) is 11.5 Å². The predicted octanol–water partition coefficient (Wildman–Crippen LogP) is 3.94. The van der Waals surface area contributed by atoms with Gasteiger partial charge in [-0.1, -0.05) is 20.3 Å². The number of hydrogen-bond donors (Lipinski definition) is 1. The van der Waals surface area contributed by atoms with Crippen LogP contribution in [0.25, 0.3) is 0 Å². The van der Waals surface area contributed by atoms with Gasteiger partial charge >= 0.3 is 0 Å². The van der Waals surface area contributed by atoms with Crippen molar-refractivity contribution in [3.63, 3.8) is 0 Å². The lowest BCUT2D eigenvalue weighted by atomic mass is 10.1. The van der Waals surface area contributed by atoms with Crippen molar-refractivity contribution in [1.82, 2.24) is 0 Å². The number of nitrogens with two attached hydrogens (primary N) is 1. The van der Waals surface area contributed by atoms with Gasteiger partial charge in [-0.25, -0.2) is 4.39 Å². The molecule has 0 fully saturated rings. The zero-order valence-corrected chi connectivity index (χ0v) is 10.1. The van der Waals surface area contributed by atoms with Crippen LogP contribution < -0.4 is 5.73 Å². The molecule has 1 nitrogen and oxygen atoms in total. The van der Waals surface area contributed by atoms with E-state index in [4.69, 9.17) is 5.73 Å². The van der Waals surface area contributed by atoms with Gasteiger partial charge in [-0.2, -0.15) is 0 Å². The lowest BCUT2D eigenvalue weighted by Gasteiger charge is -2.06. The Hall–Kier alpha value is -0.700. The quantitative estimate of drug-likeness (QED) is 0.468. The summed E-state index contributed by atoms with van der Waals surface area (Å²) in [7, 11) is 0. The maximum Gasteiger partial charge on any atom is 0.124 e. The van der Waals surface area contributed by atoms with Crippen molar-refractivity contribution in [2.45, 2.75) is 31.6 Å². The topological polar surface area (TPSA) is 26.0 Å². The summed E-state index contributed by atoms with van der Waals surface area (Å²) >= 11 is 1.64. The van der Waals surface area contributed by atoms with E-state index in [1.807, 2.05) is 0 Å². The minimum Gasteiger partial charge on any atom is -0.398 e. The molecule has 84 valence electrons. The summed E-state index contributed by atoms with van der Waals surface area (Å²) in [5.41, 5.74) is 6.42. The zero-order chi connectivity index (χ0) is 11.3. The average Bonchev–Trinajstić information content (AvgIpc) is 2.17. The van der Waals surface area contributed by atoms with E-state index in [9.17, 15) is 4.39 Å². The van der Waals surface area contributed by atoms with Gasteiger partial charge in [0.05, 0.1) is 0 Å². The fourth-order valence-electron chi connectivity index (χ4n) is 1.31. The molecule has 0 aliphatic heterocycles. The van der Waals surface area contributed by atoms with Crippen molar-refractivity contribution in [3.05, 3.63) is 24.0 Å². The van der Waals surface area contributed by atoms with E-state index in [1.165, 1.54) is 18.6 Å². The molecular formula is C12H18FNS. The van der Waals surface area contributed by atoms with Crippen molar-refractivity contribution < 1.29 is 4.39 Å². The molecule has 1 aromatic carbocycles. The van der Waals surface area contributed by atoms with Gasteiger partial charge in [0, 0.05) is 10.6 Å². The molecule has 3 heteroatoms. The van der Waals surface area contributed by atoms with E-state index < -0.39 is 0 Å². The van der Waals surface area contributed by atoms with Crippen LogP contribution in [0.5, 0.6) is 0 Å². The van der Waals surface area contributed by atoms with E-state index in [0.29, 0.717) is 5.69 Å². The summed E-state index contributed by atoms with van der Waals surface area (Å²) in [5.74, 6) is 1.53. The summed E-state index contributed by atoms with van der Waals surface area (Å²) < 4.78 is 12.9. The maximum absolute atomic E-state index is 12.9. The van der Waals surface area contributed by atoms with Crippen LogP contribution in [0.1, 0.15) is 26.7 Å². The maximum atomic E-state index is 12.9. The SMILES string of the molecule is CC(C)CCCSc1cc(F)ccc1N. The molecule has 0 aliphatic carbocycles. The van der Waals surface area contributed by atoms with Crippen LogP contribution in [-0.4, -0.2) is 5.75 Å². The number of hydrogen-bond acceptors (Lipinski definition) is 2. The standard InChI is InChI=1S/C12H18FNS/c1-9(2)4-3-7-15-12-8-10(13)5-6-11(12)14/h5-6,8-9H,3-4,7,14H2,1-2H3. The molecule has 0 amide bonds. The van der Waals surface area contributed by atoms with Gasteiger partial charge in [-0.3, -0.25) is 0 Å². The molecule has 0 saturated heterocycles. The Bertz CT molecular complexity index is 312. The predicted molar refractivity (Wildman–Crippen MR) is 65.6 cm³/mol. The summed E-state index contributed by atoms with van der Waals surface area (Å²) in [4.78, 5) is 0.860. The number of anilines is 1. The monoisotopic (exact) mass is 227 g/mol. The van der Waals surface area contributed by atoms with Gasteiger partial charge in [0.1, 0.15) is 5.82 Å². The Morgan fingerprint density at radius 3 is 2.80 bits per heavy atom. The van der Waals surface area contributed by atoms with Gasteiger partial charge in [0.2, 0.25) is 0 Å². The third-order valence-electron chi connectivity index (χ3n) is 2.16. The van der Waals surface area contributed by atoms with Gasteiger partial charge in [0.25, 0.3) is 0 Å². The van der Waals surface area contributed by atoms with Crippen LogP contribution in [0.2, 0.25) is 0 Å². The van der Waals surface area contributed by atoms with Gasteiger partial charge < -0.3 is 5.73 Å². The van der Waals surface area contributed by atoms with E-state index in [-0.39, 0.29) is 5.82 Å². The van der Waals surface area contributed by atoms with Gasteiger partial charge in [-0.15, -0.1) is 11.8 Å². The lowest BCUT2D eigenvalue weighted by molar-refractivity contribution is 0.579. The minimum absolute atomic E-state index is 0.212. The Labute approximate surface area is 95.2 Å². The van der Waals surface area contributed by atoms with Crippen molar-refractivity contribution >= 4 is 17.4 Å². The Kier molecular flexibility index (Phi) is 4.95. The molecule has 0 spiro atoms. The molecule has 0 bridgehead atoms. The van der Waals surface area contributed by atoms with E-state index in [2.05, 4.69) is 13.8 Å². The number of benzene rings is 1. The van der Waals surface area contributed by atoms with Crippen LogP contribution in [0, 0.1) is 11.7 Å². The molecule has 0 unspecified atom stereocenters. The average molecular weight is 227 g/mol. The lowest BCUT2D eigenvalue weighted by Crippen LogP contribution is -1.92. The van der Waals surface area contributed by atoms with Crippen molar-refractivity contribution in [3.8, 4) is 0 Å². The first-order valence-corrected chi connectivity index (χ1v) is 6.26. The largest absolute Gasteiger partial charge is 0.398 e. The van der Waals surface area contributed by atoms with E-state index in [0.717, 1.165) is 23.0 Å². The number of halogens is 1. The highest BCUT2D eigenvalue weighted by Gasteiger charge is 2.02. The molecule has 0 aliphatic rings. The molecule has 0 radical (unpaired) electrons. The Morgan fingerprint density at radius 2 is 2.13 bits per heavy atom. The smallest absolute Gasteiger partial charge is 0.124 e. The first-order chi connectivity index (χ1) is 7.09. The van der Waals surface area contributed by atoms with E-state index >= 15 is 0 Å². The molecule has 0 aromatic heterocycles. The second-order valence-corrected chi connectivity index (χ2v) is 5.20. The zero-order valence-electron chi connectivity index (χ0n) is 9.29. The highest BCUT2D eigenvalue weighted by Crippen LogP contribution is 2.26. The Balaban J connectivity index is 2.40. The number of nitrogen functional groups attached to an aromatic ring is 1. The van der Waals surface area contributed by atoms with Gasteiger partial charge in [-0.05, 0) is 36.3 Å². The van der Waals surface area contributed by atoms with Crippen LogP contribution in [0.15, 0.2) is 23.1 Å². The third-order valence-corrected chi connectivity index (χ3v) is 3.32. The Morgan fingerprint density at radius 1 is 1.40 bits per heavy atom. The van der Waals surface area contributed by atoms with Crippen molar-refractivity contribution in [1.29, 1.82) is 0 Å². The minimum atomic E-state index is -0.212. The number of thioether (sulfide) groups is 1. The molecule has 0 saturated carbocycles. The molecule has 1 rings (SSSR count). The molecule has 15 heavy (non-hydrogen) atoms. The normalized spacial score (nSPS) is 10.9. The van der Waals surface area contributed by atoms with Crippen LogP contribution in [-0.2, 0) is 0 Å². The molecule has 0 atom stereocenters. The highest BCUT2D eigenvalue weighted by atomic mass is 32.2. The second kappa shape index (κ2) is 6.01. The summed E-state index contributed by atoms with van der Waals surface area (Å²) in [6.07, 6.45) is 2.36. The second-order valence-electron chi connectivity index (χ2n) is 4.07. The van der Waals surface area contributed by atoms with E-state index in [1.54, 1.807) is 17.8 Å².